The van der Waals surface area contributed by atoms with Gasteiger partial charge in [0.05, 0.1) is 25.9 Å². The third-order valence-corrected chi connectivity index (χ3v) is 5.78. The molecule has 10 heteroatoms. The van der Waals surface area contributed by atoms with E-state index in [1.165, 1.54) is 17.5 Å². The minimum Gasteiger partial charge on any atom is -0.494 e. The first-order valence-corrected chi connectivity index (χ1v) is 11.1. The Morgan fingerprint density at radius 3 is 2.69 bits per heavy atom. The van der Waals surface area contributed by atoms with Gasteiger partial charge in [-0.1, -0.05) is 22.9 Å². The van der Waals surface area contributed by atoms with Gasteiger partial charge in [0.25, 0.3) is 0 Å². The minimum atomic E-state index is -0.116. The Labute approximate surface area is 194 Å². The van der Waals surface area contributed by atoms with E-state index in [0.717, 1.165) is 10.5 Å². The molecule has 164 valence electrons. The zero-order valence-corrected chi connectivity index (χ0v) is 19.6. The van der Waals surface area contributed by atoms with Crippen LogP contribution in [0.2, 0.25) is 5.15 Å². The normalized spacial score (nSPS) is 11.2. The topological polar surface area (TPSA) is 103 Å². The molecule has 0 bridgehead atoms. The van der Waals surface area contributed by atoms with Crippen molar-refractivity contribution in [3.63, 3.8) is 0 Å². The highest BCUT2D eigenvalue weighted by atomic mass is 35.5. The van der Waals surface area contributed by atoms with Gasteiger partial charge in [-0.05, 0) is 38.5 Å². The number of halogens is 1. The Bertz CT molecular complexity index is 1310. The summed E-state index contributed by atoms with van der Waals surface area (Å²) in [5.74, 6) is 0.949. The van der Waals surface area contributed by atoms with Crippen LogP contribution in [-0.4, -0.2) is 43.9 Å². The molecule has 0 aromatic carbocycles. The van der Waals surface area contributed by atoms with Crippen molar-refractivity contribution in [2.45, 2.75) is 33.2 Å². The van der Waals surface area contributed by atoms with Gasteiger partial charge >= 0.3 is 0 Å². The fraction of sp³-hybridized carbons (Fsp3) is 0.273. The maximum atomic E-state index is 13.3. The average Bonchev–Trinajstić information content (AvgIpc) is 3.14. The highest BCUT2D eigenvalue weighted by Crippen LogP contribution is 2.34. The van der Waals surface area contributed by atoms with Crippen molar-refractivity contribution in [2.75, 3.05) is 12.4 Å². The maximum Gasteiger partial charge on any atom is 0.224 e. The van der Waals surface area contributed by atoms with Gasteiger partial charge in [-0.25, -0.2) is 19.9 Å². The summed E-state index contributed by atoms with van der Waals surface area (Å²) in [5.41, 5.74) is 3.27. The number of ether oxygens (including phenoxy) is 1. The SMILES string of the molecule is COc1cnc(Cl)cc1-c1cc(C)ncc1C(=O)Cc1nc2cnc(NC(C)C)nc2s1. The molecule has 0 unspecified atom stereocenters. The first kappa shape index (κ1) is 22.0. The minimum absolute atomic E-state index is 0.116. The van der Waals surface area contributed by atoms with Gasteiger partial charge in [-0.2, -0.15) is 0 Å². The predicted molar refractivity (Wildman–Crippen MR) is 126 cm³/mol. The molecule has 4 aromatic rings. The maximum absolute atomic E-state index is 13.3. The first-order chi connectivity index (χ1) is 15.3. The number of ketones is 1. The number of carbonyl (C=O) groups excluding carboxylic acids is 1. The van der Waals surface area contributed by atoms with Gasteiger partial charge in [0.2, 0.25) is 5.95 Å². The standard InChI is InChI=1S/C22H21ClN6O2S/c1-11(2)27-22-26-9-16-21(29-22)32-20(28-16)7-17(30)15-8-24-12(3)5-13(15)14-6-19(23)25-10-18(14)31-4/h5-6,8-11H,7H2,1-4H3,(H,26,27,29). The molecule has 32 heavy (non-hydrogen) atoms. The molecule has 8 nitrogen and oxygen atoms in total. The Morgan fingerprint density at radius 1 is 1.12 bits per heavy atom. The molecule has 0 aliphatic carbocycles. The fourth-order valence-corrected chi connectivity index (χ4v) is 4.28. The van der Waals surface area contributed by atoms with Crippen LogP contribution in [0.15, 0.2) is 30.7 Å². The van der Waals surface area contributed by atoms with Crippen LogP contribution in [0.3, 0.4) is 0 Å². The van der Waals surface area contributed by atoms with Gasteiger partial charge in [-0.15, -0.1) is 0 Å². The lowest BCUT2D eigenvalue weighted by Crippen LogP contribution is -2.12. The van der Waals surface area contributed by atoms with Crippen molar-refractivity contribution < 1.29 is 9.53 Å². The molecule has 4 aromatic heterocycles. The number of nitrogens with one attached hydrogen (secondary N) is 1. The van der Waals surface area contributed by atoms with Crippen molar-refractivity contribution in [1.29, 1.82) is 0 Å². The third kappa shape index (κ3) is 4.68. The lowest BCUT2D eigenvalue weighted by atomic mass is 9.97. The molecule has 0 saturated heterocycles. The average molecular weight is 469 g/mol. The van der Waals surface area contributed by atoms with Gasteiger partial charge in [0, 0.05) is 29.1 Å². The second-order valence-corrected chi connectivity index (χ2v) is 8.92. The molecule has 0 radical (unpaired) electrons. The molecule has 4 rings (SSSR count). The summed E-state index contributed by atoms with van der Waals surface area (Å²) in [6, 6.07) is 3.74. The zero-order valence-electron chi connectivity index (χ0n) is 18.0. The number of nitrogens with zero attached hydrogens (tertiary/aromatic N) is 5. The van der Waals surface area contributed by atoms with Crippen LogP contribution in [0.4, 0.5) is 5.95 Å². The van der Waals surface area contributed by atoms with Crippen LogP contribution < -0.4 is 10.1 Å². The molecular weight excluding hydrogens is 448 g/mol. The van der Waals surface area contributed by atoms with Crippen LogP contribution in [0.5, 0.6) is 5.75 Å². The lowest BCUT2D eigenvalue weighted by molar-refractivity contribution is 0.0993. The summed E-state index contributed by atoms with van der Waals surface area (Å²) in [7, 11) is 1.55. The quantitative estimate of drug-likeness (QED) is 0.306. The highest BCUT2D eigenvalue weighted by molar-refractivity contribution is 7.18. The van der Waals surface area contributed by atoms with Crippen molar-refractivity contribution in [2.24, 2.45) is 0 Å². The van der Waals surface area contributed by atoms with Gasteiger partial charge in [0.1, 0.15) is 26.3 Å². The number of hydrogen-bond donors (Lipinski definition) is 1. The number of aryl methyl sites for hydroxylation is 1. The van der Waals surface area contributed by atoms with E-state index in [-0.39, 0.29) is 18.2 Å². The van der Waals surface area contributed by atoms with Gasteiger partial charge in [0.15, 0.2) is 5.78 Å². The Kier molecular flexibility index (Phi) is 6.29. The first-order valence-electron chi connectivity index (χ1n) is 9.92. The number of carbonyl (C=O) groups is 1. The number of Topliss-reactive ketones (excluding diaryl/α,β-unsaturated/α-hetero) is 1. The largest absolute Gasteiger partial charge is 0.494 e. The Morgan fingerprint density at radius 2 is 1.94 bits per heavy atom. The Hall–Kier alpha value is -3.17. The number of rotatable bonds is 7. The summed E-state index contributed by atoms with van der Waals surface area (Å²) >= 11 is 7.50. The molecule has 4 heterocycles. The van der Waals surface area contributed by atoms with Crippen LogP contribution in [-0.2, 0) is 6.42 Å². The van der Waals surface area contributed by atoms with E-state index >= 15 is 0 Å². The number of pyridine rings is 2. The number of methoxy groups -OCH3 is 1. The fourth-order valence-electron chi connectivity index (χ4n) is 3.21. The van der Waals surface area contributed by atoms with E-state index in [2.05, 4.69) is 30.2 Å². The third-order valence-electron chi connectivity index (χ3n) is 4.61. The van der Waals surface area contributed by atoms with Crippen LogP contribution in [0.1, 0.15) is 34.9 Å². The van der Waals surface area contributed by atoms with Crippen molar-refractivity contribution >= 4 is 45.0 Å². The van der Waals surface area contributed by atoms with Gasteiger partial charge < -0.3 is 10.1 Å². The van der Waals surface area contributed by atoms with Crippen molar-refractivity contribution in [3.8, 4) is 16.9 Å². The van der Waals surface area contributed by atoms with E-state index in [0.29, 0.717) is 44.1 Å². The summed E-state index contributed by atoms with van der Waals surface area (Å²) < 4.78 is 5.44. The van der Waals surface area contributed by atoms with E-state index in [9.17, 15) is 4.79 Å². The van der Waals surface area contributed by atoms with Crippen LogP contribution in [0.25, 0.3) is 21.5 Å². The predicted octanol–water partition coefficient (Wildman–Crippen LogP) is 4.76. The lowest BCUT2D eigenvalue weighted by Gasteiger charge is -2.13. The van der Waals surface area contributed by atoms with E-state index in [1.54, 1.807) is 25.6 Å². The van der Waals surface area contributed by atoms with Gasteiger partial charge in [-0.3, -0.25) is 9.78 Å². The van der Waals surface area contributed by atoms with Crippen LogP contribution >= 0.6 is 22.9 Å². The molecule has 1 N–H and O–H groups in total. The second kappa shape index (κ2) is 9.13. The number of thiazole rings is 1. The van der Waals surface area contributed by atoms with Crippen molar-refractivity contribution in [1.82, 2.24) is 24.9 Å². The second-order valence-electron chi connectivity index (χ2n) is 7.47. The van der Waals surface area contributed by atoms with E-state index in [1.807, 2.05) is 26.8 Å². The van der Waals surface area contributed by atoms with E-state index in [4.69, 9.17) is 16.3 Å². The highest BCUT2D eigenvalue weighted by Gasteiger charge is 2.20. The van der Waals surface area contributed by atoms with Crippen molar-refractivity contribution in [3.05, 3.63) is 52.1 Å². The number of fused-ring (bicyclic) bond motifs is 1. The molecule has 0 aliphatic heterocycles. The molecule has 0 fully saturated rings. The molecule has 0 saturated carbocycles. The molecule has 0 amide bonds. The van der Waals surface area contributed by atoms with Crippen LogP contribution in [0, 0.1) is 6.92 Å². The summed E-state index contributed by atoms with van der Waals surface area (Å²) in [6.45, 7) is 5.90. The monoisotopic (exact) mass is 468 g/mol. The summed E-state index contributed by atoms with van der Waals surface area (Å²) in [5, 5.41) is 4.14. The molecule has 0 atom stereocenters. The molecule has 0 spiro atoms. The Balaban J connectivity index is 1.68. The molecule has 0 aliphatic rings. The van der Waals surface area contributed by atoms with E-state index < -0.39 is 0 Å². The summed E-state index contributed by atoms with van der Waals surface area (Å²) in [4.78, 5) is 35.7. The summed E-state index contributed by atoms with van der Waals surface area (Å²) in [6.07, 6.45) is 4.91. The molecular formula is C22H21ClN6O2S. The zero-order chi connectivity index (χ0) is 22.8. The number of anilines is 1. The number of aromatic nitrogens is 5. The number of hydrogen-bond acceptors (Lipinski definition) is 9. The smallest absolute Gasteiger partial charge is 0.224 e.